The van der Waals surface area contributed by atoms with Crippen molar-refractivity contribution in [3.63, 3.8) is 0 Å². The fourth-order valence-corrected chi connectivity index (χ4v) is 3.38. The quantitative estimate of drug-likeness (QED) is 0.733. The van der Waals surface area contributed by atoms with Gasteiger partial charge in [0.1, 0.15) is 0 Å². The first kappa shape index (κ1) is 14.9. The average Bonchev–Trinajstić information content (AvgIpc) is 2.64. The second kappa shape index (κ2) is 7.31. The van der Waals surface area contributed by atoms with Crippen LogP contribution in [0.25, 0.3) is 0 Å². The van der Waals surface area contributed by atoms with E-state index in [-0.39, 0.29) is 0 Å². The Hall–Kier alpha value is -0.530. The van der Waals surface area contributed by atoms with Gasteiger partial charge in [0.15, 0.2) is 0 Å². The van der Waals surface area contributed by atoms with Gasteiger partial charge in [0.2, 0.25) is 0 Å². The van der Waals surface area contributed by atoms with Gasteiger partial charge in [0, 0.05) is 17.1 Å². The maximum Gasteiger partial charge on any atom is 0.0409 e. The van der Waals surface area contributed by atoms with Crippen molar-refractivity contribution in [1.29, 1.82) is 0 Å². The van der Waals surface area contributed by atoms with Crippen molar-refractivity contribution in [1.82, 2.24) is 5.32 Å². The van der Waals surface area contributed by atoms with E-state index in [1.54, 1.807) is 0 Å². The third-order valence-electron chi connectivity index (χ3n) is 4.50. The van der Waals surface area contributed by atoms with Gasteiger partial charge >= 0.3 is 0 Å². The molecular weight excluding hydrogens is 254 g/mol. The molecule has 1 N–H and O–H groups in total. The SMILES string of the molecule is CCC1CCCC(N[C@@H](C)c2cccc(Cl)c2)CC1. The molecule has 0 amide bonds. The highest BCUT2D eigenvalue weighted by Gasteiger charge is 2.19. The normalized spacial score (nSPS) is 25.8. The minimum absolute atomic E-state index is 0.391. The molecule has 3 atom stereocenters. The molecule has 0 spiro atoms. The Morgan fingerprint density at radius 3 is 2.84 bits per heavy atom. The highest BCUT2D eigenvalue weighted by Crippen LogP contribution is 2.27. The highest BCUT2D eigenvalue weighted by atomic mass is 35.5. The van der Waals surface area contributed by atoms with E-state index < -0.39 is 0 Å². The van der Waals surface area contributed by atoms with Crippen molar-refractivity contribution in [3.8, 4) is 0 Å². The largest absolute Gasteiger partial charge is 0.307 e. The fourth-order valence-electron chi connectivity index (χ4n) is 3.18. The smallest absolute Gasteiger partial charge is 0.0409 e. The third-order valence-corrected chi connectivity index (χ3v) is 4.74. The van der Waals surface area contributed by atoms with Crippen molar-refractivity contribution in [2.45, 2.75) is 64.5 Å². The molecule has 2 unspecified atom stereocenters. The summed E-state index contributed by atoms with van der Waals surface area (Å²) in [6, 6.07) is 9.28. The van der Waals surface area contributed by atoms with Gasteiger partial charge in [-0.25, -0.2) is 0 Å². The van der Waals surface area contributed by atoms with Crippen LogP contribution in [0.2, 0.25) is 5.02 Å². The van der Waals surface area contributed by atoms with E-state index in [1.165, 1.54) is 44.1 Å². The summed E-state index contributed by atoms with van der Waals surface area (Å²) < 4.78 is 0. The van der Waals surface area contributed by atoms with E-state index in [0.29, 0.717) is 12.1 Å². The van der Waals surface area contributed by atoms with Gasteiger partial charge in [-0.05, 0) is 49.8 Å². The Labute approximate surface area is 122 Å². The van der Waals surface area contributed by atoms with E-state index in [0.717, 1.165) is 10.9 Å². The third kappa shape index (κ3) is 4.50. The first-order valence-electron chi connectivity index (χ1n) is 7.70. The van der Waals surface area contributed by atoms with Crippen molar-refractivity contribution < 1.29 is 0 Å². The van der Waals surface area contributed by atoms with Crippen molar-refractivity contribution >= 4 is 11.6 Å². The summed E-state index contributed by atoms with van der Waals surface area (Å²) in [6.07, 6.45) is 8.16. The summed E-state index contributed by atoms with van der Waals surface area (Å²) >= 11 is 6.07. The zero-order valence-electron chi connectivity index (χ0n) is 12.2. The highest BCUT2D eigenvalue weighted by molar-refractivity contribution is 6.30. The lowest BCUT2D eigenvalue weighted by Gasteiger charge is -2.22. The van der Waals surface area contributed by atoms with E-state index in [4.69, 9.17) is 11.6 Å². The molecule has 106 valence electrons. The Bertz CT molecular complexity index is 391. The molecule has 1 aromatic carbocycles. The predicted octanol–water partition coefficient (Wildman–Crippen LogP) is 5.35. The first-order chi connectivity index (χ1) is 9.19. The molecule has 0 bridgehead atoms. The Morgan fingerprint density at radius 1 is 1.26 bits per heavy atom. The van der Waals surface area contributed by atoms with Gasteiger partial charge < -0.3 is 5.32 Å². The number of nitrogens with one attached hydrogen (secondary N) is 1. The minimum Gasteiger partial charge on any atom is -0.307 e. The molecule has 0 radical (unpaired) electrons. The standard InChI is InChI=1S/C17H26ClN/c1-3-14-6-4-9-17(11-10-14)19-13(2)15-7-5-8-16(18)12-15/h5,7-8,12-14,17,19H,3-4,6,9-11H2,1-2H3/t13-,14?,17?/m0/s1. The average molecular weight is 280 g/mol. The fraction of sp³-hybridized carbons (Fsp3) is 0.647. The topological polar surface area (TPSA) is 12.0 Å². The molecular formula is C17H26ClN. The van der Waals surface area contributed by atoms with Gasteiger partial charge in [-0.2, -0.15) is 0 Å². The molecule has 0 heterocycles. The van der Waals surface area contributed by atoms with Crippen LogP contribution in [0.3, 0.4) is 0 Å². The van der Waals surface area contributed by atoms with Gasteiger partial charge in [0.05, 0.1) is 0 Å². The zero-order chi connectivity index (χ0) is 13.7. The first-order valence-corrected chi connectivity index (χ1v) is 8.08. The molecule has 1 aromatic rings. The molecule has 1 fully saturated rings. The number of benzene rings is 1. The van der Waals surface area contributed by atoms with Gasteiger partial charge in [-0.15, -0.1) is 0 Å². The number of halogens is 1. The zero-order valence-corrected chi connectivity index (χ0v) is 12.9. The molecule has 2 heteroatoms. The minimum atomic E-state index is 0.391. The summed E-state index contributed by atoms with van der Waals surface area (Å²) in [5.74, 6) is 0.952. The summed E-state index contributed by atoms with van der Waals surface area (Å²) in [4.78, 5) is 0. The maximum atomic E-state index is 6.07. The van der Waals surface area contributed by atoms with Gasteiger partial charge in [0.25, 0.3) is 0 Å². The Balaban J connectivity index is 1.90. The molecule has 0 aliphatic heterocycles. The van der Waals surface area contributed by atoms with Gasteiger partial charge in [-0.1, -0.05) is 49.9 Å². The van der Waals surface area contributed by atoms with Crippen LogP contribution in [0.15, 0.2) is 24.3 Å². The predicted molar refractivity (Wildman–Crippen MR) is 83.7 cm³/mol. The summed E-state index contributed by atoms with van der Waals surface area (Å²) in [7, 11) is 0. The molecule has 1 aliphatic rings. The van der Waals surface area contributed by atoms with Crippen LogP contribution in [-0.2, 0) is 0 Å². The monoisotopic (exact) mass is 279 g/mol. The molecule has 19 heavy (non-hydrogen) atoms. The van der Waals surface area contributed by atoms with Crippen molar-refractivity contribution in [3.05, 3.63) is 34.9 Å². The van der Waals surface area contributed by atoms with Crippen LogP contribution in [0.1, 0.15) is 64.0 Å². The van der Waals surface area contributed by atoms with E-state index in [2.05, 4.69) is 31.3 Å². The maximum absolute atomic E-state index is 6.07. The summed E-state index contributed by atoms with van der Waals surface area (Å²) in [6.45, 7) is 4.57. The molecule has 0 saturated heterocycles. The lowest BCUT2D eigenvalue weighted by Crippen LogP contribution is -2.31. The second-order valence-electron chi connectivity index (χ2n) is 5.92. The van der Waals surface area contributed by atoms with E-state index >= 15 is 0 Å². The number of rotatable bonds is 4. The molecule has 1 aliphatic carbocycles. The molecule has 1 nitrogen and oxygen atoms in total. The summed E-state index contributed by atoms with van der Waals surface area (Å²) in [5, 5.41) is 4.62. The number of hydrogen-bond acceptors (Lipinski definition) is 1. The Kier molecular flexibility index (Phi) is 5.72. The van der Waals surface area contributed by atoms with Crippen LogP contribution in [0.5, 0.6) is 0 Å². The van der Waals surface area contributed by atoms with E-state index in [1.807, 2.05) is 12.1 Å². The molecule has 0 aromatic heterocycles. The lowest BCUT2D eigenvalue weighted by molar-refractivity contribution is 0.400. The van der Waals surface area contributed by atoms with Crippen LogP contribution in [0, 0.1) is 5.92 Å². The van der Waals surface area contributed by atoms with Crippen LogP contribution in [-0.4, -0.2) is 6.04 Å². The lowest BCUT2D eigenvalue weighted by atomic mass is 9.97. The van der Waals surface area contributed by atoms with Crippen molar-refractivity contribution in [2.75, 3.05) is 0 Å². The van der Waals surface area contributed by atoms with Crippen LogP contribution >= 0.6 is 11.6 Å². The van der Waals surface area contributed by atoms with E-state index in [9.17, 15) is 0 Å². The Morgan fingerprint density at radius 2 is 2.11 bits per heavy atom. The van der Waals surface area contributed by atoms with Crippen molar-refractivity contribution in [2.24, 2.45) is 5.92 Å². The van der Waals surface area contributed by atoms with Gasteiger partial charge in [-0.3, -0.25) is 0 Å². The molecule has 2 rings (SSSR count). The number of hydrogen-bond donors (Lipinski definition) is 1. The summed E-state index contributed by atoms with van der Waals surface area (Å²) in [5.41, 5.74) is 1.30. The molecule has 1 saturated carbocycles. The second-order valence-corrected chi connectivity index (χ2v) is 6.36. The van der Waals surface area contributed by atoms with Crippen LogP contribution in [0.4, 0.5) is 0 Å². The van der Waals surface area contributed by atoms with Crippen LogP contribution < -0.4 is 5.32 Å².